The summed E-state index contributed by atoms with van der Waals surface area (Å²) in [7, 11) is 1.40. The number of hydrogen-bond donors (Lipinski definition) is 2. The van der Waals surface area contributed by atoms with Gasteiger partial charge in [-0.3, -0.25) is 9.59 Å². The highest BCUT2D eigenvalue weighted by molar-refractivity contribution is 5.88. The summed E-state index contributed by atoms with van der Waals surface area (Å²) >= 11 is 0. The molecular weight excluding hydrogens is 378 g/mol. The molecule has 0 aliphatic rings. The van der Waals surface area contributed by atoms with Crippen molar-refractivity contribution in [3.63, 3.8) is 0 Å². The van der Waals surface area contributed by atoms with Gasteiger partial charge in [0, 0.05) is 19.7 Å². The average molecular weight is 398 g/mol. The van der Waals surface area contributed by atoms with Crippen LogP contribution in [0, 0.1) is 11.6 Å². The number of hydrogen-bond acceptors (Lipinski definition) is 3. The summed E-state index contributed by atoms with van der Waals surface area (Å²) in [6.07, 6.45) is 4.02. The lowest BCUT2D eigenvalue weighted by Gasteiger charge is -2.18. The Kier molecular flexibility index (Phi) is 6.33. The molecule has 0 aliphatic carbocycles. The molecule has 1 unspecified atom stereocenters. The number of carbonyl (C=O) groups excluding carboxylic acids is 2. The molecule has 0 fully saturated rings. The Hall–Kier alpha value is -3.55. The van der Waals surface area contributed by atoms with Crippen LogP contribution in [0.2, 0.25) is 0 Å². The second-order valence-electron chi connectivity index (χ2n) is 6.42. The fraction of sp³-hybridized carbons (Fsp3) is 0.190. The van der Waals surface area contributed by atoms with Crippen molar-refractivity contribution in [2.45, 2.75) is 18.9 Å². The first-order valence-electron chi connectivity index (χ1n) is 9.03. The highest BCUT2D eigenvalue weighted by Gasteiger charge is 2.23. The molecule has 0 bridgehead atoms. The zero-order chi connectivity index (χ0) is 20.8. The van der Waals surface area contributed by atoms with Crippen LogP contribution in [0.4, 0.5) is 8.78 Å². The Bertz CT molecular complexity index is 1000. The number of rotatable bonds is 7. The van der Waals surface area contributed by atoms with Gasteiger partial charge in [0.1, 0.15) is 6.04 Å². The first kappa shape index (κ1) is 20.2. The number of halogens is 2. The number of benzene rings is 2. The number of carbonyl (C=O) groups is 2. The van der Waals surface area contributed by atoms with Crippen LogP contribution in [0.25, 0.3) is 5.69 Å². The predicted molar refractivity (Wildman–Crippen MR) is 103 cm³/mol. The molecule has 0 radical (unpaired) electrons. The summed E-state index contributed by atoms with van der Waals surface area (Å²) in [5.41, 5.74) is 1.92. The second-order valence-corrected chi connectivity index (χ2v) is 6.42. The molecule has 1 atom stereocenters. The van der Waals surface area contributed by atoms with Gasteiger partial charge in [-0.1, -0.05) is 24.3 Å². The fourth-order valence-electron chi connectivity index (χ4n) is 2.84. The topological polar surface area (TPSA) is 76.0 Å². The smallest absolute Gasteiger partial charge is 0.246 e. The highest BCUT2D eigenvalue weighted by atomic mass is 19.2. The lowest BCUT2D eigenvalue weighted by Crippen LogP contribution is -2.39. The molecule has 150 valence electrons. The van der Waals surface area contributed by atoms with E-state index in [2.05, 4.69) is 15.7 Å². The number of para-hydroxylation sites is 1. The average Bonchev–Trinajstić information content (AvgIpc) is 3.22. The third kappa shape index (κ3) is 5.04. The fourth-order valence-corrected chi connectivity index (χ4v) is 2.84. The van der Waals surface area contributed by atoms with Gasteiger partial charge in [-0.2, -0.15) is 5.10 Å². The second kappa shape index (κ2) is 9.09. The van der Waals surface area contributed by atoms with Gasteiger partial charge in [0.25, 0.3) is 0 Å². The summed E-state index contributed by atoms with van der Waals surface area (Å²) in [6.45, 7) is 0. The number of nitrogens with one attached hydrogen (secondary N) is 2. The van der Waals surface area contributed by atoms with Crippen molar-refractivity contribution in [3.8, 4) is 5.69 Å². The van der Waals surface area contributed by atoms with Crippen molar-refractivity contribution in [3.05, 3.63) is 83.7 Å². The van der Waals surface area contributed by atoms with E-state index in [0.29, 0.717) is 6.42 Å². The van der Waals surface area contributed by atoms with Crippen molar-refractivity contribution in [1.82, 2.24) is 20.4 Å². The first-order chi connectivity index (χ1) is 14.0. The zero-order valence-electron chi connectivity index (χ0n) is 15.7. The molecule has 2 amide bonds. The third-order valence-corrected chi connectivity index (χ3v) is 4.39. The minimum atomic E-state index is -1.12. The van der Waals surface area contributed by atoms with Crippen LogP contribution in [0.5, 0.6) is 0 Å². The van der Waals surface area contributed by atoms with E-state index in [1.807, 2.05) is 36.5 Å². The maximum Gasteiger partial charge on any atom is 0.246 e. The van der Waals surface area contributed by atoms with Gasteiger partial charge < -0.3 is 10.6 Å². The third-order valence-electron chi connectivity index (χ3n) is 4.39. The summed E-state index contributed by atoms with van der Waals surface area (Å²) in [4.78, 5) is 24.5. The van der Waals surface area contributed by atoms with E-state index in [0.717, 1.165) is 23.4 Å². The molecule has 2 N–H and O–H groups in total. The van der Waals surface area contributed by atoms with Gasteiger partial charge in [-0.05, 0) is 41.8 Å². The summed E-state index contributed by atoms with van der Waals surface area (Å²) in [5, 5.41) is 9.26. The van der Waals surface area contributed by atoms with Gasteiger partial charge in [-0.15, -0.1) is 0 Å². The first-order valence-corrected chi connectivity index (χ1v) is 9.03. The van der Waals surface area contributed by atoms with E-state index >= 15 is 0 Å². The van der Waals surface area contributed by atoms with Crippen molar-refractivity contribution in [2.75, 3.05) is 7.05 Å². The summed E-state index contributed by atoms with van der Waals surface area (Å²) < 4.78 is 28.4. The van der Waals surface area contributed by atoms with E-state index in [9.17, 15) is 18.4 Å². The van der Waals surface area contributed by atoms with Crippen molar-refractivity contribution in [1.29, 1.82) is 0 Å². The van der Waals surface area contributed by atoms with Crippen LogP contribution in [0.1, 0.15) is 23.6 Å². The molecule has 2 aromatic carbocycles. The zero-order valence-corrected chi connectivity index (χ0v) is 15.7. The van der Waals surface area contributed by atoms with Crippen molar-refractivity contribution >= 4 is 11.8 Å². The number of aromatic nitrogens is 2. The van der Waals surface area contributed by atoms with Crippen LogP contribution >= 0.6 is 0 Å². The maximum atomic E-state index is 13.5. The Morgan fingerprint density at radius 2 is 1.86 bits per heavy atom. The molecule has 3 aromatic rings. The molecule has 0 aliphatic heterocycles. The maximum absolute atomic E-state index is 13.5. The largest absolute Gasteiger partial charge is 0.357 e. The quantitative estimate of drug-likeness (QED) is 0.643. The number of nitrogens with zero attached hydrogens (tertiary/aromatic N) is 2. The minimum Gasteiger partial charge on any atom is -0.357 e. The Balaban J connectivity index is 1.64. The predicted octanol–water partition coefficient (Wildman–Crippen LogP) is 2.69. The highest BCUT2D eigenvalue weighted by Crippen LogP contribution is 2.17. The van der Waals surface area contributed by atoms with Crippen molar-refractivity contribution in [2.24, 2.45) is 0 Å². The van der Waals surface area contributed by atoms with Gasteiger partial charge in [0.2, 0.25) is 11.8 Å². The summed E-state index contributed by atoms with van der Waals surface area (Å²) in [6, 6.07) is 11.5. The van der Waals surface area contributed by atoms with Gasteiger partial charge in [0.05, 0.1) is 11.9 Å². The van der Waals surface area contributed by atoms with Crippen LogP contribution in [0.15, 0.2) is 60.9 Å². The van der Waals surface area contributed by atoms with E-state index in [1.54, 1.807) is 10.9 Å². The van der Waals surface area contributed by atoms with Gasteiger partial charge in [0.15, 0.2) is 11.6 Å². The van der Waals surface area contributed by atoms with Crippen LogP contribution in [-0.4, -0.2) is 28.6 Å². The minimum absolute atomic E-state index is 0.109. The van der Waals surface area contributed by atoms with E-state index in [1.165, 1.54) is 13.1 Å². The molecular formula is C21H20F2N4O2. The molecule has 6 nitrogen and oxygen atoms in total. The van der Waals surface area contributed by atoms with Crippen LogP contribution in [0.3, 0.4) is 0 Å². The number of aryl methyl sites for hydroxylation is 1. The number of likely N-dealkylation sites (N-methyl/N-ethyl adjacent to an activating group) is 1. The Morgan fingerprint density at radius 3 is 2.55 bits per heavy atom. The number of amides is 2. The molecule has 1 heterocycles. The Morgan fingerprint density at radius 1 is 1.10 bits per heavy atom. The lowest BCUT2D eigenvalue weighted by atomic mass is 10.0. The molecule has 0 spiro atoms. The lowest BCUT2D eigenvalue weighted by molar-refractivity contribution is -0.128. The summed E-state index contributed by atoms with van der Waals surface area (Å²) in [5.74, 6) is -3.03. The standard InChI is InChI=1S/C21H20F2N4O2/c1-24-21(29)20(15-8-9-17(22)18(23)11-15)26-19(28)10-7-14-12-25-27(13-14)16-5-3-2-4-6-16/h2-6,8-9,11-13,20H,7,10H2,1H3,(H,24,29)(H,26,28). The molecule has 8 heteroatoms. The van der Waals surface area contributed by atoms with E-state index < -0.39 is 29.5 Å². The van der Waals surface area contributed by atoms with E-state index in [-0.39, 0.29) is 12.0 Å². The van der Waals surface area contributed by atoms with Crippen LogP contribution in [-0.2, 0) is 16.0 Å². The molecule has 3 rings (SSSR count). The van der Waals surface area contributed by atoms with Gasteiger partial charge >= 0.3 is 0 Å². The molecule has 29 heavy (non-hydrogen) atoms. The van der Waals surface area contributed by atoms with E-state index in [4.69, 9.17) is 0 Å². The van der Waals surface area contributed by atoms with Crippen molar-refractivity contribution < 1.29 is 18.4 Å². The normalized spacial score (nSPS) is 11.7. The van der Waals surface area contributed by atoms with Gasteiger partial charge in [-0.25, -0.2) is 13.5 Å². The SMILES string of the molecule is CNC(=O)C(NC(=O)CCc1cnn(-c2ccccc2)c1)c1ccc(F)c(F)c1. The Labute approximate surface area is 166 Å². The monoisotopic (exact) mass is 398 g/mol. The molecule has 0 saturated heterocycles. The molecule has 1 aromatic heterocycles. The van der Waals surface area contributed by atoms with Crippen LogP contribution < -0.4 is 10.6 Å². The molecule has 0 saturated carbocycles.